The van der Waals surface area contributed by atoms with Crippen molar-refractivity contribution >= 4 is 5.69 Å². The molecule has 0 saturated heterocycles. The number of aliphatic hydroxyl groups excluding tert-OH is 2. The molecule has 0 radical (unpaired) electrons. The largest absolute Gasteiger partial charge is 0.393 e. The molecule has 0 unspecified atom stereocenters. The van der Waals surface area contributed by atoms with Gasteiger partial charge in [-0.1, -0.05) is 31.4 Å². The zero-order valence-electron chi connectivity index (χ0n) is 16.0. The van der Waals surface area contributed by atoms with Crippen LogP contribution in [0.4, 0.5) is 5.69 Å². The highest BCUT2D eigenvalue weighted by Crippen LogP contribution is 2.35. The van der Waals surface area contributed by atoms with Crippen molar-refractivity contribution in [2.75, 3.05) is 18.1 Å². The third-order valence-corrected chi connectivity index (χ3v) is 6.08. The first-order chi connectivity index (χ1) is 13.3. The van der Waals surface area contributed by atoms with Crippen LogP contribution < -0.4 is 4.90 Å². The smallest absolute Gasteiger partial charge is 0.119 e. The monoisotopic (exact) mass is 366 g/mol. The van der Waals surface area contributed by atoms with E-state index >= 15 is 0 Å². The van der Waals surface area contributed by atoms with Crippen molar-refractivity contribution in [1.82, 2.24) is 4.98 Å². The molecular weight excluding hydrogens is 336 g/mol. The van der Waals surface area contributed by atoms with Crippen molar-refractivity contribution in [2.24, 2.45) is 0 Å². The quantitative estimate of drug-likeness (QED) is 0.849. The van der Waals surface area contributed by atoms with Gasteiger partial charge in [-0.3, -0.25) is 0 Å². The SMILES string of the molecule is OC[C@@H](O)c1cccc(-c2ccc3c(c2)CCCCN3C2CCCCC2)n1. The minimum Gasteiger partial charge on any atom is -0.393 e. The number of fused-ring (bicyclic) bond motifs is 1. The van der Waals surface area contributed by atoms with Crippen LogP contribution in [0.1, 0.15) is 62.3 Å². The molecule has 0 bridgehead atoms. The lowest BCUT2D eigenvalue weighted by Crippen LogP contribution is -2.37. The minimum absolute atomic E-state index is 0.309. The summed E-state index contributed by atoms with van der Waals surface area (Å²) in [4.78, 5) is 7.24. The van der Waals surface area contributed by atoms with Crippen LogP contribution in [0.5, 0.6) is 0 Å². The molecule has 27 heavy (non-hydrogen) atoms. The fraction of sp³-hybridized carbons (Fsp3) is 0.522. The van der Waals surface area contributed by atoms with E-state index in [1.807, 2.05) is 12.1 Å². The molecule has 4 nitrogen and oxygen atoms in total. The summed E-state index contributed by atoms with van der Waals surface area (Å²) in [6.45, 7) is 0.866. The van der Waals surface area contributed by atoms with Gasteiger partial charge in [0.2, 0.25) is 0 Å². The molecule has 1 fully saturated rings. The molecule has 1 aliphatic heterocycles. The highest BCUT2D eigenvalue weighted by atomic mass is 16.3. The average molecular weight is 367 g/mol. The van der Waals surface area contributed by atoms with Crippen LogP contribution in [0.25, 0.3) is 11.3 Å². The summed E-state index contributed by atoms with van der Waals surface area (Å²) in [5, 5.41) is 19.1. The molecule has 4 rings (SSSR count). The standard InChI is InChI=1S/C23H30N2O2/c26-16-23(27)21-11-6-10-20(24-21)17-12-13-22-18(15-17)7-4-5-14-25(22)19-8-2-1-3-9-19/h6,10-13,15,19,23,26-27H,1-5,7-9,14,16H2/t23-/m1/s1. The van der Waals surface area contributed by atoms with Crippen LogP contribution >= 0.6 is 0 Å². The molecule has 2 N–H and O–H groups in total. The number of pyridine rings is 1. The maximum atomic E-state index is 9.89. The van der Waals surface area contributed by atoms with Crippen LogP contribution in [-0.2, 0) is 6.42 Å². The molecule has 2 heterocycles. The van der Waals surface area contributed by atoms with Gasteiger partial charge in [-0.2, -0.15) is 0 Å². The van der Waals surface area contributed by atoms with E-state index in [0.717, 1.165) is 17.7 Å². The van der Waals surface area contributed by atoms with Crippen LogP contribution in [-0.4, -0.2) is 34.4 Å². The number of benzene rings is 1. The lowest BCUT2D eigenvalue weighted by atomic mass is 9.93. The molecule has 2 aliphatic rings. The van der Waals surface area contributed by atoms with Gasteiger partial charge in [-0.05, 0) is 61.9 Å². The summed E-state index contributed by atoms with van der Waals surface area (Å²) in [5.74, 6) is 0. The molecule has 1 aromatic heterocycles. The molecular formula is C23H30N2O2. The Hall–Kier alpha value is -1.91. The average Bonchev–Trinajstić information content (AvgIpc) is 2.96. The van der Waals surface area contributed by atoms with Crippen LogP contribution in [0.15, 0.2) is 36.4 Å². The topological polar surface area (TPSA) is 56.6 Å². The Morgan fingerprint density at radius 3 is 2.70 bits per heavy atom. The summed E-state index contributed by atoms with van der Waals surface area (Å²) < 4.78 is 0. The number of hydrogen-bond donors (Lipinski definition) is 2. The number of aryl methyl sites for hydroxylation is 1. The third-order valence-electron chi connectivity index (χ3n) is 6.08. The zero-order chi connectivity index (χ0) is 18.6. The molecule has 2 aromatic rings. The van der Waals surface area contributed by atoms with Crippen molar-refractivity contribution in [2.45, 2.75) is 63.5 Å². The summed E-state index contributed by atoms with van der Waals surface area (Å²) in [7, 11) is 0. The molecule has 1 aliphatic carbocycles. The second-order valence-electron chi connectivity index (χ2n) is 7.93. The molecule has 0 amide bonds. The Morgan fingerprint density at radius 1 is 1.04 bits per heavy atom. The fourth-order valence-corrected chi connectivity index (χ4v) is 4.61. The number of aromatic nitrogens is 1. The lowest BCUT2D eigenvalue weighted by Gasteiger charge is -2.36. The van der Waals surface area contributed by atoms with Gasteiger partial charge in [0.05, 0.1) is 18.0 Å². The van der Waals surface area contributed by atoms with Crippen molar-refractivity contribution in [1.29, 1.82) is 0 Å². The second-order valence-corrected chi connectivity index (χ2v) is 7.93. The van der Waals surface area contributed by atoms with Crippen molar-refractivity contribution in [3.05, 3.63) is 47.7 Å². The van der Waals surface area contributed by atoms with Gasteiger partial charge in [-0.25, -0.2) is 4.98 Å². The number of aliphatic hydroxyl groups is 2. The first-order valence-electron chi connectivity index (χ1n) is 10.4. The van der Waals surface area contributed by atoms with E-state index in [1.54, 1.807) is 6.07 Å². The Labute approximate surface area is 161 Å². The second kappa shape index (κ2) is 8.41. The summed E-state index contributed by atoms with van der Waals surface area (Å²) in [6.07, 6.45) is 9.44. The van der Waals surface area contributed by atoms with Crippen molar-refractivity contribution in [3.8, 4) is 11.3 Å². The normalized spacial score (nSPS) is 19.4. The maximum absolute atomic E-state index is 9.89. The Bertz CT molecular complexity index is 771. The molecule has 1 aromatic carbocycles. The Kier molecular flexibility index (Phi) is 5.74. The summed E-state index contributed by atoms with van der Waals surface area (Å²) in [5.41, 5.74) is 5.30. The predicted molar refractivity (Wildman–Crippen MR) is 109 cm³/mol. The first-order valence-corrected chi connectivity index (χ1v) is 10.4. The van der Waals surface area contributed by atoms with E-state index in [2.05, 4.69) is 28.1 Å². The van der Waals surface area contributed by atoms with Crippen LogP contribution in [0.2, 0.25) is 0 Å². The van der Waals surface area contributed by atoms with E-state index < -0.39 is 6.10 Å². The van der Waals surface area contributed by atoms with E-state index in [4.69, 9.17) is 0 Å². The van der Waals surface area contributed by atoms with Gasteiger partial charge >= 0.3 is 0 Å². The van der Waals surface area contributed by atoms with E-state index in [-0.39, 0.29) is 6.61 Å². The summed E-state index contributed by atoms with van der Waals surface area (Å²) in [6, 6.07) is 13.1. The molecule has 4 heteroatoms. The van der Waals surface area contributed by atoms with Crippen LogP contribution in [0.3, 0.4) is 0 Å². The van der Waals surface area contributed by atoms with Gasteiger partial charge in [0.15, 0.2) is 0 Å². The molecule has 0 spiro atoms. The van der Waals surface area contributed by atoms with Gasteiger partial charge < -0.3 is 15.1 Å². The number of hydrogen-bond acceptors (Lipinski definition) is 4. The number of anilines is 1. The minimum atomic E-state index is -0.924. The summed E-state index contributed by atoms with van der Waals surface area (Å²) >= 11 is 0. The number of nitrogens with zero attached hydrogens (tertiary/aromatic N) is 2. The lowest BCUT2D eigenvalue weighted by molar-refractivity contribution is 0.0923. The Balaban J connectivity index is 1.65. The molecule has 144 valence electrons. The van der Waals surface area contributed by atoms with Gasteiger partial charge in [0.1, 0.15) is 6.10 Å². The third kappa shape index (κ3) is 4.02. The van der Waals surface area contributed by atoms with Gasteiger partial charge in [0.25, 0.3) is 0 Å². The van der Waals surface area contributed by atoms with E-state index in [0.29, 0.717) is 11.7 Å². The molecule has 1 atom stereocenters. The first kappa shape index (κ1) is 18.5. The van der Waals surface area contributed by atoms with Gasteiger partial charge in [-0.15, -0.1) is 0 Å². The highest BCUT2D eigenvalue weighted by molar-refractivity contribution is 5.67. The van der Waals surface area contributed by atoms with Crippen molar-refractivity contribution in [3.63, 3.8) is 0 Å². The van der Waals surface area contributed by atoms with Crippen LogP contribution in [0, 0.1) is 0 Å². The maximum Gasteiger partial charge on any atom is 0.119 e. The zero-order valence-corrected chi connectivity index (χ0v) is 16.0. The Morgan fingerprint density at radius 2 is 1.89 bits per heavy atom. The predicted octanol–water partition coefficient (Wildman–Crippen LogP) is 4.25. The highest BCUT2D eigenvalue weighted by Gasteiger charge is 2.25. The van der Waals surface area contributed by atoms with Gasteiger partial charge in [0, 0.05) is 23.8 Å². The fourth-order valence-electron chi connectivity index (χ4n) is 4.61. The van der Waals surface area contributed by atoms with E-state index in [1.165, 1.54) is 62.7 Å². The van der Waals surface area contributed by atoms with E-state index in [9.17, 15) is 10.2 Å². The molecule has 1 saturated carbocycles. The number of rotatable bonds is 4. The van der Waals surface area contributed by atoms with Crippen molar-refractivity contribution < 1.29 is 10.2 Å².